The first-order chi connectivity index (χ1) is 7.31. The topological polar surface area (TPSA) is 21.6 Å². The highest BCUT2D eigenvalue weighted by Gasteiger charge is 1.99. The van der Waals surface area contributed by atoms with Gasteiger partial charge < -0.3 is 4.84 Å². The summed E-state index contributed by atoms with van der Waals surface area (Å²) in [7, 11) is 1.56. The summed E-state index contributed by atoms with van der Waals surface area (Å²) < 4.78 is 0. The molecule has 15 heavy (non-hydrogen) atoms. The van der Waals surface area contributed by atoms with Crippen LogP contribution < -0.4 is 0 Å². The monoisotopic (exact) mass is 199 g/mol. The van der Waals surface area contributed by atoms with Gasteiger partial charge in [0.1, 0.15) is 7.11 Å². The third-order valence-electron chi connectivity index (χ3n) is 2.40. The fraction of sp³-hybridized carbons (Fsp3) is 0.154. The van der Waals surface area contributed by atoms with Gasteiger partial charge >= 0.3 is 0 Å². The van der Waals surface area contributed by atoms with Crippen molar-refractivity contribution in [3.8, 4) is 0 Å². The van der Waals surface area contributed by atoms with E-state index < -0.39 is 0 Å². The van der Waals surface area contributed by atoms with E-state index in [0.29, 0.717) is 0 Å². The molecular weight excluding hydrogens is 186 g/mol. The average molecular weight is 199 g/mol. The van der Waals surface area contributed by atoms with Gasteiger partial charge in [0, 0.05) is 0 Å². The number of oxime groups is 1. The van der Waals surface area contributed by atoms with E-state index in [1.165, 1.54) is 10.8 Å². The second-order valence-electron chi connectivity index (χ2n) is 3.42. The van der Waals surface area contributed by atoms with Crippen LogP contribution in [0, 0.1) is 0 Å². The van der Waals surface area contributed by atoms with E-state index in [2.05, 4.69) is 35.5 Å². The first-order valence-corrected chi connectivity index (χ1v) is 4.88. The van der Waals surface area contributed by atoms with Crippen molar-refractivity contribution in [2.45, 2.75) is 6.92 Å². The highest BCUT2D eigenvalue weighted by Crippen LogP contribution is 2.16. The van der Waals surface area contributed by atoms with Crippen LogP contribution in [-0.4, -0.2) is 12.8 Å². The van der Waals surface area contributed by atoms with Crippen molar-refractivity contribution in [2.24, 2.45) is 5.16 Å². The van der Waals surface area contributed by atoms with Crippen molar-refractivity contribution in [1.82, 2.24) is 0 Å². The molecule has 0 unspecified atom stereocenters. The number of rotatable bonds is 2. The molecule has 0 aromatic heterocycles. The maximum atomic E-state index is 4.76. The largest absolute Gasteiger partial charge is 0.399 e. The minimum atomic E-state index is 0.892. The maximum absolute atomic E-state index is 4.76. The fourth-order valence-corrected chi connectivity index (χ4v) is 1.60. The van der Waals surface area contributed by atoms with E-state index in [-0.39, 0.29) is 0 Å². The summed E-state index contributed by atoms with van der Waals surface area (Å²) in [5.74, 6) is 0. The molecule has 0 bridgehead atoms. The lowest BCUT2D eigenvalue weighted by Gasteiger charge is -2.02. The summed E-state index contributed by atoms with van der Waals surface area (Å²) in [5.41, 5.74) is 1.99. The van der Waals surface area contributed by atoms with Crippen LogP contribution in [-0.2, 0) is 4.84 Å². The van der Waals surface area contributed by atoms with Crippen molar-refractivity contribution in [3.63, 3.8) is 0 Å². The van der Waals surface area contributed by atoms with E-state index in [1.54, 1.807) is 7.11 Å². The molecule has 0 saturated carbocycles. The predicted molar refractivity (Wildman–Crippen MR) is 63.2 cm³/mol. The molecule has 0 aliphatic rings. The maximum Gasteiger partial charge on any atom is 0.106 e. The first-order valence-electron chi connectivity index (χ1n) is 4.88. The number of benzene rings is 2. The molecule has 0 heterocycles. The van der Waals surface area contributed by atoms with Crippen LogP contribution in [0.5, 0.6) is 0 Å². The third kappa shape index (κ3) is 1.99. The molecule has 0 aliphatic carbocycles. The second kappa shape index (κ2) is 4.13. The van der Waals surface area contributed by atoms with Crippen LogP contribution >= 0.6 is 0 Å². The van der Waals surface area contributed by atoms with Crippen LogP contribution in [0.25, 0.3) is 10.8 Å². The van der Waals surface area contributed by atoms with Gasteiger partial charge in [-0.2, -0.15) is 0 Å². The molecule has 0 spiro atoms. The Balaban J connectivity index is 2.51. The molecule has 0 atom stereocenters. The number of fused-ring (bicyclic) bond motifs is 1. The van der Waals surface area contributed by atoms with Gasteiger partial charge in [-0.3, -0.25) is 0 Å². The minimum absolute atomic E-state index is 0.892. The Morgan fingerprint density at radius 1 is 1.07 bits per heavy atom. The summed E-state index contributed by atoms with van der Waals surface area (Å²) >= 11 is 0. The summed E-state index contributed by atoms with van der Waals surface area (Å²) in [6, 6.07) is 14.5. The standard InChI is InChI=1S/C13H13NO/c1-10(14-15-2)12-8-7-11-5-3-4-6-13(11)9-12/h3-9H,1-2H3/b14-10-. The van der Waals surface area contributed by atoms with Crippen LogP contribution in [0.3, 0.4) is 0 Å². The second-order valence-corrected chi connectivity index (χ2v) is 3.42. The van der Waals surface area contributed by atoms with Crippen molar-refractivity contribution in [1.29, 1.82) is 0 Å². The molecule has 0 saturated heterocycles. The normalized spacial score (nSPS) is 11.7. The molecule has 0 N–H and O–H groups in total. The molecule has 0 fully saturated rings. The zero-order chi connectivity index (χ0) is 10.7. The van der Waals surface area contributed by atoms with E-state index in [0.717, 1.165) is 11.3 Å². The summed E-state index contributed by atoms with van der Waals surface area (Å²) in [4.78, 5) is 4.76. The lowest BCUT2D eigenvalue weighted by atomic mass is 10.0. The zero-order valence-corrected chi connectivity index (χ0v) is 8.90. The van der Waals surface area contributed by atoms with E-state index >= 15 is 0 Å². The molecule has 2 nitrogen and oxygen atoms in total. The Kier molecular flexibility index (Phi) is 2.68. The van der Waals surface area contributed by atoms with Gasteiger partial charge in [-0.15, -0.1) is 0 Å². The van der Waals surface area contributed by atoms with Crippen molar-refractivity contribution in [2.75, 3.05) is 7.11 Å². The smallest absolute Gasteiger partial charge is 0.106 e. The Bertz CT molecular complexity index is 503. The molecule has 2 rings (SSSR count). The van der Waals surface area contributed by atoms with E-state index in [9.17, 15) is 0 Å². The van der Waals surface area contributed by atoms with E-state index in [4.69, 9.17) is 4.84 Å². The van der Waals surface area contributed by atoms with Crippen molar-refractivity contribution < 1.29 is 4.84 Å². The fourth-order valence-electron chi connectivity index (χ4n) is 1.60. The molecule has 0 radical (unpaired) electrons. The van der Waals surface area contributed by atoms with Crippen LogP contribution in [0.4, 0.5) is 0 Å². The number of hydrogen-bond acceptors (Lipinski definition) is 2. The van der Waals surface area contributed by atoms with E-state index in [1.807, 2.05) is 19.1 Å². The Morgan fingerprint density at radius 2 is 1.80 bits per heavy atom. The average Bonchev–Trinajstić information content (AvgIpc) is 2.29. The van der Waals surface area contributed by atoms with Gasteiger partial charge in [0.05, 0.1) is 5.71 Å². The number of hydrogen-bond donors (Lipinski definition) is 0. The minimum Gasteiger partial charge on any atom is -0.399 e. The van der Waals surface area contributed by atoms with Gasteiger partial charge in [-0.05, 0) is 29.3 Å². The zero-order valence-electron chi connectivity index (χ0n) is 8.90. The summed E-state index contributed by atoms with van der Waals surface area (Å²) in [5, 5.41) is 6.38. The number of nitrogens with zero attached hydrogens (tertiary/aromatic N) is 1. The van der Waals surface area contributed by atoms with Crippen LogP contribution in [0.1, 0.15) is 12.5 Å². The third-order valence-corrected chi connectivity index (χ3v) is 2.40. The molecule has 2 aromatic carbocycles. The molecule has 0 amide bonds. The van der Waals surface area contributed by atoms with Crippen LogP contribution in [0.15, 0.2) is 47.6 Å². The predicted octanol–water partition coefficient (Wildman–Crippen LogP) is 3.21. The lowest BCUT2D eigenvalue weighted by molar-refractivity contribution is 0.213. The highest BCUT2D eigenvalue weighted by atomic mass is 16.6. The van der Waals surface area contributed by atoms with Gasteiger partial charge in [0.15, 0.2) is 0 Å². The summed E-state index contributed by atoms with van der Waals surface area (Å²) in [6.45, 7) is 1.94. The lowest BCUT2D eigenvalue weighted by Crippen LogP contribution is -1.94. The summed E-state index contributed by atoms with van der Waals surface area (Å²) in [6.07, 6.45) is 0. The molecule has 76 valence electrons. The Labute approximate surface area is 89.2 Å². The SMILES string of the molecule is CO/N=C(/C)c1ccc2ccccc2c1. The van der Waals surface area contributed by atoms with Crippen LogP contribution in [0.2, 0.25) is 0 Å². The molecule has 2 heteroatoms. The highest BCUT2D eigenvalue weighted by molar-refractivity contribution is 6.01. The van der Waals surface area contributed by atoms with Gasteiger partial charge in [-0.25, -0.2) is 0 Å². The van der Waals surface area contributed by atoms with Gasteiger partial charge in [0.25, 0.3) is 0 Å². The molecule has 2 aromatic rings. The molecular formula is C13H13NO. The Hall–Kier alpha value is -1.83. The first kappa shape index (κ1) is 9.71. The van der Waals surface area contributed by atoms with Crippen molar-refractivity contribution in [3.05, 3.63) is 48.0 Å². The van der Waals surface area contributed by atoms with Gasteiger partial charge in [0.2, 0.25) is 0 Å². The van der Waals surface area contributed by atoms with Crippen molar-refractivity contribution >= 4 is 16.5 Å². The Morgan fingerprint density at radius 3 is 2.53 bits per heavy atom. The quantitative estimate of drug-likeness (QED) is 0.537. The molecule has 0 aliphatic heterocycles. The van der Waals surface area contributed by atoms with Gasteiger partial charge in [-0.1, -0.05) is 41.6 Å².